The van der Waals surface area contributed by atoms with Crippen molar-refractivity contribution in [3.8, 4) is 11.4 Å². The number of rotatable bonds is 3. The molecule has 0 radical (unpaired) electrons. The van der Waals surface area contributed by atoms with Crippen LogP contribution in [0.1, 0.15) is 11.4 Å². The Morgan fingerprint density at radius 1 is 1.50 bits per heavy atom. The molecule has 1 aromatic carbocycles. The second-order valence-electron chi connectivity index (χ2n) is 4.39. The highest BCUT2D eigenvalue weighted by Crippen LogP contribution is 2.26. The van der Waals surface area contributed by atoms with Crippen LogP contribution in [0.15, 0.2) is 22.7 Å². The summed E-state index contributed by atoms with van der Waals surface area (Å²) in [4.78, 5) is 10.9. The third-order valence-corrected chi connectivity index (χ3v) is 3.64. The summed E-state index contributed by atoms with van der Waals surface area (Å²) >= 11 is 3.22. The van der Waals surface area contributed by atoms with Crippen LogP contribution < -0.4 is 4.73 Å². The molecule has 0 unspecified atom stereocenters. The molecule has 0 saturated carbocycles. The molecule has 106 valence electrons. The fraction of sp³-hybridized carbons (Fsp3) is 0.231. The zero-order valence-electron chi connectivity index (χ0n) is 10.9. The summed E-state index contributed by atoms with van der Waals surface area (Å²) in [6, 6.07) is 4.19. The number of aliphatic carboxylic acids is 1. The lowest BCUT2D eigenvalue weighted by Crippen LogP contribution is -2.31. The molecule has 1 aromatic heterocycles. The number of carboxylic acids is 1. The average molecular weight is 343 g/mol. The van der Waals surface area contributed by atoms with E-state index in [1.54, 1.807) is 13.8 Å². The topological polar surface area (TPSA) is 69.2 Å². The van der Waals surface area contributed by atoms with E-state index >= 15 is 0 Å². The van der Waals surface area contributed by atoms with Crippen molar-refractivity contribution in [3.63, 3.8) is 0 Å². The number of nitrogens with zero attached hydrogens (tertiary/aromatic N) is 2. The number of hydrogen-bond donors (Lipinski definition) is 1. The van der Waals surface area contributed by atoms with E-state index in [1.165, 1.54) is 22.8 Å². The molecule has 5 nitrogen and oxygen atoms in total. The lowest BCUT2D eigenvalue weighted by atomic mass is 10.2. The van der Waals surface area contributed by atoms with Gasteiger partial charge in [0.2, 0.25) is 0 Å². The van der Waals surface area contributed by atoms with Gasteiger partial charge in [-0.3, -0.25) is 0 Å². The first-order valence-electron chi connectivity index (χ1n) is 5.79. The summed E-state index contributed by atoms with van der Waals surface area (Å²) in [7, 11) is 0. The van der Waals surface area contributed by atoms with Crippen LogP contribution in [0.4, 0.5) is 4.39 Å². The van der Waals surface area contributed by atoms with Crippen molar-refractivity contribution in [1.82, 2.24) is 4.57 Å². The fourth-order valence-corrected chi connectivity index (χ4v) is 2.38. The lowest BCUT2D eigenvalue weighted by molar-refractivity contribution is -0.599. The van der Waals surface area contributed by atoms with E-state index < -0.39 is 18.3 Å². The SMILES string of the molecule is Cc1c(C)[n+]([O-])c(-c2cc(Br)ccc2F)n1CC(=O)O. The number of hydrogen-bond acceptors (Lipinski definition) is 2. The standard InChI is InChI=1S/C13H12BrFN2O3/c1-7-8(2)17(20)13(16(7)6-12(18)19)10-5-9(14)3-4-11(10)15/h3-5H,6H2,1-2H3,(H,18,19). The van der Waals surface area contributed by atoms with Crippen LogP contribution in [-0.4, -0.2) is 15.6 Å². The summed E-state index contributed by atoms with van der Waals surface area (Å²) in [5.74, 6) is -1.69. The van der Waals surface area contributed by atoms with Gasteiger partial charge in [-0.1, -0.05) is 15.9 Å². The van der Waals surface area contributed by atoms with Crippen LogP contribution in [0.5, 0.6) is 0 Å². The van der Waals surface area contributed by atoms with Gasteiger partial charge in [0.1, 0.15) is 22.8 Å². The zero-order chi connectivity index (χ0) is 15.0. The first-order chi connectivity index (χ1) is 9.32. The molecule has 2 rings (SSSR count). The molecule has 0 aliphatic carbocycles. The highest BCUT2D eigenvalue weighted by Gasteiger charge is 2.27. The van der Waals surface area contributed by atoms with Crippen molar-refractivity contribution in [3.05, 3.63) is 45.1 Å². The Bertz CT molecular complexity index is 697. The molecule has 20 heavy (non-hydrogen) atoms. The molecular formula is C13H12BrFN2O3. The summed E-state index contributed by atoms with van der Waals surface area (Å²) in [6.45, 7) is 2.80. The monoisotopic (exact) mass is 342 g/mol. The lowest BCUT2D eigenvalue weighted by Gasteiger charge is -2.07. The third-order valence-electron chi connectivity index (χ3n) is 3.14. The molecule has 0 aliphatic rings. The van der Waals surface area contributed by atoms with Gasteiger partial charge in [0.15, 0.2) is 6.54 Å². The first kappa shape index (κ1) is 14.5. The van der Waals surface area contributed by atoms with Crippen molar-refractivity contribution < 1.29 is 19.0 Å². The van der Waals surface area contributed by atoms with E-state index in [0.29, 0.717) is 20.6 Å². The van der Waals surface area contributed by atoms with Crippen LogP contribution in [0, 0.1) is 24.9 Å². The van der Waals surface area contributed by atoms with E-state index in [1.807, 2.05) is 0 Å². The van der Waals surface area contributed by atoms with E-state index in [-0.39, 0.29) is 11.4 Å². The molecule has 2 aromatic rings. The zero-order valence-corrected chi connectivity index (χ0v) is 12.4. The Labute approximate surface area is 123 Å². The van der Waals surface area contributed by atoms with E-state index in [0.717, 1.165) is 0 Å². The van der Waals surface area contributed by atoms with Crippen molar-refractivity contribution >= 4 is 21.9 Å². The Morgan fingerprint density at radius 2 is 2.15 bits per heavy atom. The Balaban J connectivity index is 2.75. The smallest absolute Gasteiger partial charge is 0.346 e. The first-order valence-corrected chi connectivity index (χ1v) is 6.58. The highest BCUT2D eigenvalue weighted by molar-refractivity contribution is 9.10. The predicted molar refractivity (Wildman–Crippen MR) is 73.6 cm³/mol. The number of benzene rings is 1. The van der Waals surface area contributed by atoms with Gasteiger partial charge in [0, 0.05) is 18.3 Å². The predicted octanol–water partition coefficient (Wildman–Crippen LogP) is 2.39. The molecule has 0 spiro atoms. The minimum atomic E-state index is -1.10. The number of halogens is 2. The average Bonchev–Trinajstić information content (AvgIpc) is 2.57. The minimum absolute atomic E-state index is 0.0128. The summed E-state index contributed by atoms with van der Waals surface area (Å²) in [5, 5.41) is 21.1. The van der Waals surface area contributed by atoms with Gasteiger partial charge >= 0.3 is 5.97 Å². The number of carbonyl (C=O) groups is 1. The van der Waals surface area contributed by atoms with Crippen LogP contribution in [0.25, 0.3) is 11.4 Å². The Hall–Kier alpha value is -1.89. The quantitative estimate of drug-likeness (QED) is 0.687. The minimum Gasteiger partial charge on any atom is -0.710 e. The van der Waals surface area contributed by atoms with Crippen molar-refractivity contribution in [1.29, 1.82) is 0 Å². The van der Waals surface area contributed by atoms with Crippen LogP contribution in [-0.2, 0) is 11.3 Å². The summed E-state index contributed by atoms with van der Waals surface area (Å²) in [6.07, 6.45) is 0. The van der Waals surface area contributed by atoms with Crippen LogP contribution in [0.3, 0.4) is 0 Å². The molecular weight excluding hydrogens is 331 g/mol. The van der Waals surface area contributed by atoms with Crippen LogP contribution >= 0.6 is 15.9 Å². The number of imidazole rings is 1. The Kier molecular flexibility index (Phi) is 3.80. The van der Waals surface area contributed by atoms with Gasteiger partial charge in [0.25, 0.3) is 5.82 Å². The number of carboxylic acid groups (broad SMARTS) is 1. The molecule has 0 saturated heterocycles. The molecule has 0 aliphatic heterocycles. The largest absolute Gasteiger partial charge is 0.710 e. The molecule has 0 bridgehead atoms. The maximum absolute atomic E-state index is 14.0. The van der Waals surface area contributed by atoms with Crippen molar-refractivity contribution in [2.45, 2.75) is 20.4 Å². The highest BCUT2D eigenvalue weighted by atomic mass is 79.9. The van der Waals surface area contributed by atoms with Crippen LogP contribution in [0.2, 0.25) is 0 Å². The molecule has 0 amide bonds. The number of aromatic nitrogens is 2. The van der Waals surface area contributed by atoms with Gasteiger partial charge < -0.3 is 10.3 Å². The molecule has 1 N–H and O–H groups in total. The normalized spacial score (nSPS) is 10.8. The maximum atomic E-state index is 14.0. The maximum Gasteiger partial charge on any atom is 0.346 e. The summed E-state index contributed by atoms with van der Waals surface area (Å²) < 4.78 is 16.4. The van der Waals surface area contributed by atoms with Crippen molar-refractivity contribution in [2.75, 3.05) is 0 Å². The summed E-state index contributed by atoms with van der Waals surface area (Å²) in [5.41, 5.74) is 0.907. The Morgan fingerprint density at radius 3 is 2.75 bits per heavy atom. The van der Waals surface area contributed by atoms with E-state index in [9.17, 15) is 14.4 Å². The van der Waals surface area contributed by atoms with Gasteiger partial charge in [-0.2, -0.15) is 0 Å². The molecule has 0 fully saturated rings. The van der Waals surface area contributed by atoms with Gasteiger partial charge in [-0.25, -0.2) is 18.5 Å². The third kappa shape index (κ3) is 2.40. The molecule has 1 heterocycles. The van der Waals surface area contributed by atoms with Gasteiger partial charge in [-0.15, -0.1) is 0 Å². The fourth-order valence-electron chi connectivity index (χ4n) is 2.02. The second kappa shape index (κ2) is 5.24. The molecule has 0 atom stereocenters. The van der Waals surface area contributed by atoms with Crippen molar-refractivity contribution in [2.24, 2.45) is 0 Å². The second-order valence-corrected chi connectivity index (χ2v) is 5.31. The van der Waals surface area contributed by atoms with E-state index in [4.69, 9.17) is 5.11 Å². The van der Waals surface area contributed by atoms with E-state index in [2.05, 4.69) is 15.9 Å². The van der Waals surface area contributed by atoms with Gasteiger partial charge in [0.05, 0.1) is 0 Å². The van der Waals surface area contributed by atoms with Gasteiger partial charge in [-0.05, 0) is 18.2 Å². The molecule has 7 heteroatoms.